The first-order valence-corrected chi connectivity index (χ1v) is 18.2. The molecule has 10 nitrogen and oxygen atoms in total. The minimum Gasteiger partial charge on any atom is -0.507 e. The number of allylic oxidation sites excluding steroid dienone is 6. The summed E-state index contributed by atoms with van der Waals surface area (Å²) in [5, 5.41) is 66.9. The summed E-state index contributed by atoms with van der Waals surface area (Å²) in [4.78, 5) is 15.3. The minimum atomic E-state index is -0.699. The highest BCUT2D eigenvalue weighted by atomic mass is 16.5. The molecule has 0 fully saturated rings. The van der Waals surface area contributed by atoms with Gasteiger partial charge in [-0.15, -0.1) is 0 Å². The number of furan rings is 1. The summed E-state index contributed by atoms with van der Waals surface area (Å²) in [7, 11) is 0. The lowest BCUT2D eigenvalue weighted by molar-refractivity contribution is 0.103. The Morgan fingerprint density at radius 1 is 0.714 bits per heavy atom. The summed E-state index contributed by atoms with van der Waals surface area (Å²) in [5.41, 5.74) is 5.58. The van der Waals surface area contributed by atoms with Crippen molar-refractivity contribution in [3.8, 4) is 57.3 Å². The van der Waals surface area contributed by atoms with Crippen molar-refractivity contribution in [2.24, 2.45) is 0 Å². The fourth-order valence-electron chi connectivity index (χ4n) is 7.62. The molecular weight excluding hydrogens is 712 g/mol. The number of benzene rings is 4. The first kappa shape index (κ1) is 37.8. The van der Waals surface area contributed by atoms with Crippen LogP contribution in [0.5, 0.6) is 46.0 Å². The zero-order valence-corrected chi connectivity index (χ0v) is 32.1. The molecular formula is C46H44O10. The number of ether oxygens (including phenoxy) is 2. The first-order valence-electron chi connectivity index (χ1n) is 18.2. The third-order valence-electron chi connectivity index (χ3n) is 10.4. The Morgan fingerprint density at radius 3 is 2.04 bits per heavy atom. The van der Waals surface area contributed by atoms with Crippen LogP contribution in [0.15, 0.2) is 77.3 Å². The number of ketones is 1. The SMILES string of the molecule is C=C(C)c1cc(-c2oc3c(CC=C(C)C)c(O)c(O)cc3c2C(=O)c2cc3c(c(CC=C(C)C)c2O)O[C@H]2c4ccc(O)c(C(=C)C)c4OC[C@@H]32)c(O)cc1O. The molecule has 3 heterocycles. The van der Waals surface area contributed by atoms with Gasteiger partial charge in [0.15, 0.2) is 11.5 Å². The molecule has 0 amide bonds. The van der Waals surface area contributed by atoms with E-state index < -0.39 is 35.1 Å². The molecule has 5 aromatic rings. The second-order valence-corrected chi connectivity index (χ2v) is 15.2. The van der Waals surface area contributed by atoms with Crippen LogP contribution < -0.4 is 9.47 Å². The van der Waals surface area contributed by atoms with Crippen LogP contribution in [0.2, 0.25) is 0 Å². The maximum absolute atomic E-state index is 15.3. The molecule has 0 saturated heterocycles. The van der Waals surface area contributed by atoms with Gasteiger partial charge in [0.1, 0.15) is 51.9 Å². The van der Waals surface area contributed by atoms with Crippen LogP contribution in [-0.2, 0) is 12.8 Å². The van der Waals surface area contributed by atoms with Gasteiger partial charge in [-0.2, -0.15) is 0 Å². The lowest BCUT2D eigenvalue weighted by atomic mass is 9.84. The average molecular weight is 757 g/mol. The fourth-order valence-corrected chi connectivity index (χ4v) is 7.62. The normalized spacial score (nSPS) is 15.2. The molecule has 7 rings (SSSR count). The number of fused-ring (bicyclic) bond motifs is 6. The molecule has 0 unspecified atom stereocenters. The van der Waals surface area contributed by atoms with Crippen LogP contribution in [0.1, 0.15) is 103 Å². The zero-order chi connectivity index (χ0) is 40.5. The summed E-state index contributed by atoms with van der Waals surface area (Å²) in [6, 6.07) is 8.69. The van der Waals surface area contributed by atoms with Crippen LogP contribution in [0, 0.1) is 0 Å². The predicted octanol–water partition coefficient (Wildman–Crippen LogP) is 10.3. The lowest BCUT2D eigenvalue weighted by Crippen LogP contribution is -2.24. The molecule has 2 aliphatic rings. The molecule has 2 atom stereocenters. The predicted molar refractivity (Wildman–Crippen MR) is 215 cm³/mol. The molecule has 0 radical (unpaired) electrons. The van der Waals surface area contributed by atoms with Gasteiger partial charge in [-0.3, -0.25) is 4.79 Å². The van der Waals surface area contributed by atoms with E-state index in [0.717, 1.165) is 17.2 Å². The Bertz CT molecular complexity index is 2590. The van der Waals surface area contributed by atoms with Crippen molar-refractivity contribution in [1.29, 1.82) is 0 Å². The van der Waals surface area contributed by atoms with Gasteiger partial charge in [-0.1, -0.05) is 36.5 Å². The Morgan fingerprint density at radius 2 is 1.39 bits per heavy atom. The number of hydrogen-bond donors (Lipinski definition) is 6. The zero-order valence-electron chi connectivity index (χ0n) is 32.1. The van der Waals surface area contributed by atoms with Crippen LogP contribution in [0.3, 0.4) is 0 Å². The van der Waals surface area contributed by atoms with Gasteiger partial charge in [-0.25, -0.2) is 0 Å². The Balaban J connectivity index is 1.50. The monoisotopic (exact) mass is 756 g/mol. The van der Waals surface area contributed by atoms with Crippen molar-refractivity contribution in [2.75, 3.05) is 6.61 Å². The topological polar surface area (TPSA) is 170 Å². The molecule has 0 aliphatic carbocycles. The van der Waals surface area contributed by atoms with Crippen LogP contribution in [0.25, 0.3) is 33.4 Å². The van der Waals surface area contributed by atoms with E-state index in [1.54, 1.807) is 32.0 Å². The van der Waals surface area contributed by atoms with Gasteiger partial charge >= 0.3 is 0 Å². The second kappa shape index (κ2) is 13.9. The van der Waals surface area contributed by atoms with Gasteiger partial charge in [0, 0.05) is 39.3 Å². The highest BCUT2D eigenvalue weighted by Crippen LogP contribution is 2.57. The third kappa shape index (κ3) is 6.11. The van der Waals surface area contributed by atoms with E-state index in [0.29, 0.717) is 50.5 Å². The molecule has 4 aromatic carbocycles. The number of hydrogen-bond acceptors (Lipinski definition) is 10. The first-order chi connectivity index (χ1) is 26.5. The van der Waals surface area contributed by atoms with E-state index in [2.05, 4.69) is 13.2 Å². The molecule has 56 heavy (non-hydrogen) atoms. The molecule has 288 valence electrons. The van der Waals surface area contributed by atoms with E-state index >= 15 is 4.79 Å². The quantitative estimate of drug-likeness (QED) is 0.0483. The Labute approximate surface area is 324 Å². The van der Waals surface area contributed by atoms with Crippen LogP contribution in [0.4, 0.5) is 0 Å². The number of carbonyl (C=O) groups is 1. The van der Waals surface area contributed by atoms with E-state index in [1.165, 1.54) is 12.1 Å². The van der Waals surface area contributed by atoms with Gasteiger partial charge in [-0.05, 0) is 95.9 Å². The summed E-state index contributed by atoms with van der Waals surface area (Å²) in [6.45, 7) is 19.1. The smallest absolute Gasteiger partial charge is 0.201 e. The number of phenols is 6. The lowest BCUT2D eigenvalue weighted by Gasteiger charge is -2.29. The van der Waals surface area contributed by atoms with E-state index in [-0.39, 0.29) is 75.7 Å². The van der Waals surface area contributed by atoms with E-state index in [9.17, 15) is 30.6 Å². The summed E-state index contributed by atoms with van der Waals surface area (Å²) in [6.07, 6.45) is 3.54. The van der Waals surface area contributed by atoms with Gasteiger partial charge < -0.3 is 44.5 Å². The van der Waals surface area contributed by atoms with Crippen molar-refractivity contribution in [1.82, 2.24) is 0 Å². The maximum atomic E-state index is 15.3. The molecule has 6 N–H and O–H groups in total. The Kier molecular flexibility index (Phi) is 9.40. The fraction of sp³-hybridized carbons (Fsp3) is 0.239. The highest BCUT2D eigenvalue weighted by Gasteiger charge is 2.45. The number of aromatic hydroxyl groups is 6. The van der Waals surface area contributed by atoms with Crippen LogP contribution >= 0.6 is 0 Å². The number of rotatable bonds is 9. The second-order valence-electron chi connectivity index (χ2n) is 15.2. The summed E-state index contributed by atoms with van der Waals surface area (Å²) in [5.74, 6) is -2.21. The van der Waals surface area contributed by atoms with Gasteiger partial charge in [0.05, 0.1) is 34.8 Å². The van der Waals surface area contributed by atoms with E-state index in [4.69, 9.17) is 13.9 Å². The van der Waals surface area contributed by atoms with Crippen molar-refractivity contribution in [2.45, 2.75) is 66.4 Å². The van der Waals surface area contributed by atoms with Crippen molar-refractivity contribution in [3.05, 3.63) is 117 Å². The standard InChI is InChI=1S/C46H44O10/c1-20(2)9-11-24-39(51)31(16-28-32-19-54-45-26(44(32)55-42(24)28)13-14-33(47)37(45)23(7)8)41(53)38-30-17-36(50)40(52)25(12-10-21(3)4)43(30)56-46(38)29-15-27(22(5)6)34(48)18-35(29)49/h9-10,13-18,32,44,47-52H,5,7,11-12,19H2,1-4,6,8H3/t32-,44-/m0/s1. The summed E-state index contributed by atoms with van der Waals surface area (Å²) < 4.78 is 19.4. The van der Waals surface area contributed by atoms with Gasteiger partial charge in [0.25, 0.3) is 0 Å². The highest BCUT2D eigenvalue weighted by molar-refractivity contribution is 6.22. The van der Waals surface area contributed by atoms with Crippen molar-refractivity contribution >= 4 is 27.9 Å². The molecule has 0 saturated carbocycles. The maximum Gasteiger partial charge on any atom is 0.201 e. The van der Waals surface area contributed by atoms with Crippen molar-refractivity contribution in [3.63, 3.8) is 0 Å². The number of carbonyl (C=O) groups excluding carboxylic acids is 1. The molecule has 10 heteroatoms. The van der Waals surface area contributed by atoms with E-state index in [1.807, 2.05) is 39.8 Å². The third-order valence-corrected chi connectivity index (χ3v) is 10.4. The molecule has 0 bridgehead atoms. The Hall–Kier alpha value is -6.55. The number of phenolic OH excluding ortho intramolecular Hbond substituents is 6. The van der Waals surface area contributed by atoms with Crippen molar-refractivity contribution < 1.29 is 49.3 Å². The average Bonchev–Trinajstić information content (AvgIpc) is 3.68. The molecule has 2 aliphatic heterocycles. The summed E-state index contributed by atoms with van der Waals surface area (Å²) >= 11 is 0. The van der Waals surface area contributed by atoms with Gasteiger partial charge in [0.2, 0.25) is 5.78 Å². The molecule has 1 aromatic heterocycles. The van der Waals surface area contributed by atoms with Crippen LogP contribution in [-0.4, -0.2) is 43.0 Å². The minimum absolute atomic E-state index is 0.0292. The largest absolute Gasteiger partial charge is 0.507 e. The molecule has 0 spiro atoms.